The zero-order chi connectivity index (χ0) is 17.2. The van der Waals surface area contributed by atoms with Crippen LogP contribution in [0.15, 0.2) is 24.3 Å². The summed E-state index contributed by atoms with van der Waals surface area (Å²) in [5.41, 5.74) is 1.03. The Labute approximate surface area is 153 Å². The average molecular weight is 358 g/mol. The highest BCUT2D eigenvalue weighted by atomic mass is 32.1. The first kappa shape index (κ1) is 17.0. The third-order valence-corrected chi connectivity index (χ3v) is 6.85. The zero-order valence-corrected chi connectivity index (χ0v) is 15.8. The van der Waals surface area contributed by atoms with Gasteiger partial charge in [0, 0.05) is 13.1 Å². The van der Waals surface area contributed by atoms with Gasteiger partial charge in [-0.2, -0.15) is 0 Å². The second kappa shape index (κ2) is 7.42. The SMILES string of the molecule is CN(Cc1nc2ccccc2s1)C(=O)CN1CCC[C@H]2CCCC[C@@H]21. The maximum absolute atomic E-state index is 12.8. The van der Waals surface area contributed by atoms with Crippen LogP contribution in [0.1, 0.15) is 43.5 Å². The number of rotatable bonds is 4. The maximum Gasteiger partial charge on any atom is 0.236 e. The first-order chi connectivity index (χ1) is 12.2. The Hall–Kier alpha value is -1.46. The molecule has 0 radical (unpaired) electrons. The molecule has 25 heavy (non-hydrogen) atoms. The summed E-state index contributed by atoms with van der Waals surface area (Å²) >= 11 is 1.69. The average Bonchev–Trinajstić information content (AvgIpc) is 3.04. The van der Waals surface area contributed by atoms with Crippen molar-refractivity contribution in [1.29, 1.82) is 0 Å². The smallest absolute Gasteiger partial charge is 0.236 e. The Balaban J connectivity index is 1.38. The molecule has 1 aromatic carbocycles. The Morgan fingerprint density at radius 2 is 2.04 bits per heavy atom. The summed E-state index contributed by atoms with van der Waals surface area (Å²) in [6, 6.07) is 8.82. The number of nitrogens with zero attached hydrogens (tertiary/aromatic N) is 3. The van der Waals surface area contributed by atoms with Gasteiger partial charge in [-0.3, -0.25) is 9.69 Å². The minimum absolute atomic E-state index is 0.227. The van der Waals surface area contributed by atoms with Gasteiger partial charge in [0.05, 0.1) is 23.3 Å². The topological polar surface area (TPSA) is 36.4 Å². The van der Waals surface area contributed by atoms with Gasteiger partial charge in [0.25, 0.3) is 0 Å². The van der Waals surface area contributed by atoms with Crippen LogP contribution >= 0.6 is 11.3 Å². The fourth-order valence-electron chi connectivity index (χ4n) is 4.50. The number of carbonyl (C=O) groups excluding carboxylic acids is 1. The Bertz CT molecular complexity index is 708. The van der Waals surface area contributed by atoms with Crippen molar-refractivity contribution in [2.45, 2.75) is 51.1 Å². The molecule has 2 atom stereocenters. The molecule has 1 aromatic heterocycles. The summed E-state index contributed by atoms with van der Waals surface area (Å²) in [7, 11) is 1.91. The van der Waals surface area contributed by atoms with E-state index in [1.807, 2.05) is 30.1 Å². The standard InChI is InChI=1S/C20H27N3OS/c1-22(13-19-21-16-9-3-5-11-18(16)25-19)20(24)14-23-12-6-8-15-7-2-4-10-17(15)23/h3,5,9,11,15,17H,2,4,6-8,10,12-14H2,1H3/t15-,17+/m1/s1. The molecule has 4 nitrogen and oxygen atoms in total. The van der Waals surface area contributed by atoms with E-state index in [2.05, 4.69) is 16.0 Å². The summed E-state index contributed by atoms with van der Waals surface area (Å²) in [4.78, 5) is 21.7. The van der Waals surface area contributed by atoms with E-state index in [1.54, 1.807) is 11.3 Å². The van der Waals surface area contributed by atoms with Crippen LogP contribution in [0.4, 0.5) is 0 Å². The normalized spacial score (nSPS) is 24.2. The van der Waals surface area contributed by atoms with Crippen molar-refractivity contribution >= 4 is 27.5 Å². The number of hydrogen-bond donors (Lipinski definition) is 0. The van der Waals surface area contributed by atoms with Gasteiger partial charge in [0.2, 0.25) is 5.91 Å². The van der Waals surface area contributed by atoms with Gasteiger partial charge in [0.15, 0.2) is 0 Å². The number of likely N-dealkylation sites (tertiary alicyclic amines) is 1. The van der Waals surface area contributed by atoms with Crippen LogP contribution in [-0.2, 0) is 11.3 Å². The number of para-hydroxylation sites is 1. The monoisotopic (exact) mass is 357 g/mol. The van der Waals surface area contributed by atoms with E-state index in [1.165, 1.54) is 43.2 Å². The van der Waals surface area contributed by atoms with E-state index >= 15 is 0 Å². The van der Waals surface area contributed by atoms with E-state index in [0.29, 0.717) is 19.1 Å². The second-order valence-electron chi connectivity index (χ2n) is 7.55. The van der Waals surface area contributed by atoms with Crippen LogP contribution in [0.2, 0.25) is 0 Å². The summed E-state index contributed by atoms with van der Waals surface area (Å²) in [6.07, 6.45) is 7.94. The number of piperidine rings is 1. The third-order valence-electron chi connectivity index (χ3n) is 5.83. The summed E-state index contributed by atoms with van der Waals surface area (Å²) in [5, 5.41) is 1.02. The fraction of sp³-hybridized carbons (Fsp3) is 0.600. The molecule has 134 valence electrons. The van der Waals surface area contributed by atoms with Gasteiger partial charge >= 0.3 is 0 Å². The Kier molecular flexibility index (Phi) is 5.04. The quantitative estimate of drug-likeness (QED) is 0.832. The van der Waals surface area contributed by atoms with Crippen LogP contribution < -0.4 is 0 Å². The molecule has 5 heteroatoms. The molecule has 4 rings (SSSR count). The first-order valence-corrected chi connectivity index (χ1v) is 10.3. The third kappa shape index (κ3) is 3.72. The fourth-order valence-corrected chi connectivity index (χ4v) is 5.52. The maximum atomic E-state index is 12.8. The molecule has 0 bridgehead atoms. The molecule has 2 fully saturated rings. The van der Waals surface area contributed by atoms with E-state index in [4.69, 9.17) is 0 Å². The molecular formula is C20H27N3OS. The zero-order valence-electron chi connectivity index (χ0n) is 15.0. The van der Waals surface area contributed by atoms with Crippen molar-refractivity contribution in [1.82, 2.24) is 14.8 Å². The number of thiazole rings is 1. The van der Waals surface area contributed by atoms with Gasteiger partial charge in [-0.25, -0.2) is 4.98 Å². The lowest BCUT2D eigenvalue weighted by atomic mass is 9.78. The number of amides is 1. The molecular weight excluding hydrogens is 330 g/mol. The molecule has 1 saturated heterocycles. The van der Waals surface area contributed by atoms with Crippen molar-refractivity contribution in [2.24, 2.45) is 5.92 Å². The van der Waals surface area contributed by atoms with Crippen LogP contribution in [-0.4, -0.2) is 46.9 Å². The largest absolute Gasteiger partial charge is 0.338 e. The lowest BCUT2D eigenvalue weighted by Gasteiger charge is -2.44. The number of carbonyl (C=O) groups is 1. The highest BCUT2D eigenvalue weighted by Gasteiger charge is 2.34. The molecule has 1 saturated carbocycles. The van der Waals surface area contributed by atoms with Crippen molar-refractivity contribution in [2.75, 3.05) is 20.1 Å². The molecule has 2 aliphatic rings. The van der Waals surface area contributed by atoms with Crippen molar-refractivity contribution < 1.29 is 4.79 Å². The molecule has 2 heterocycles. The number of likely N-dealkylation sites (N-methyl/N-ethyl adjacent to an activating group) is 1. The van der Waals surface area contributed by atoms with Crippen molar-refractivity contribution in [3.63, 3.8) is 0 Å². The number of hydrogen-bond acceptors (Lipinski definition) is 4. The molecule has 2 aromatic rings. The van der Waals surface area contributed by atoms with Gasteiger partial charge in [-0.1, -0.05) is 25.0 Å². The van der Waals surface area contributed by atoms with E-state index in [9.17, 15) is 4.79 Å². The molecule has 0 unspecified atom stereocenters. The van der Waals surface area contributed by atoms with Crippen LogP contribution in [0, 0.1) is 5.92 Å². The second-order valence-corrected chi connectivity index (χ2v) is 8.66. The van der Waals surface area contributed by atoms with Crippen LogP contribution in [0.3, 0.4) is 0 Å². The molecule has 1 aliphatic heterocycles. The first-order valence-electron chi connectivity index (χ1n) is 9.53. The molecule has 0 spiro atoms. The van der Waals surface area contributed by atoms with Crippen LogP contribution in [0.5, 0.6) is 0 Å². The van der Waals surface area contributed by atoms with E-state index < -0.39 is 0 Å². The molecule has 0 N–H and O–H groups in total. The Morgan fingerprint density at radius 3 is 2.92 bits per heavy atom. The number of benzene rings is 1. The summed E-state index contributed by atoms with van der Waals surface area (Å²) < 4.78 is 1.19. The highest BCUT2D eigenvalue weighted by molar-refractivity contribution is 7.18. The molecule has 1 aliphatic carbocycles. The van der Waals surface area contributed by atoms with Gasteiger partial charge in [-0.05, 0) is 50.3 Å². The minimum atomic E-state index is 0.227. The van der Waals surface area contributed by atoms with E-state index in [-0.39, 0.29) is 5.91 Å². The number of aromatic nitrogens is 1. The highest BCUT2D eigenvalue weighted by Crippen LogP contribution is 2.35. The Morgan fingerprint density at radius 1 is 1.24 bits per heavy atom. The lowest BCUT2D eigenvalue weighted by molar-refractivity contribution is -0.133. The van der Waals surface area contributed by atoms with Crippen molar-refractivity contribution in [3.05, 3.63) is 29.3 Å². The van der Waals surface area contributed by atoms with E-state index in [0.717, 1.165) is 23.0 Å². The van der Waals surface area contributed by atoms with Crippen LogP contribution in [0.25, 0.3) is 10.2 Å². The van der Waals surface area contributed by atoms with Crippen molar-refractivity contribution in [3.8, 4) is 0 Å². The van der Waals surface area contributed by atoms with Gasteiger partial charge in [0.1, 0.15) is 5.01 Å². The van der Waals surface area contributed by atoms with Gasteiger partial charge < -0.3 is 4.90 Å². The number of fused-ring (bicyclic) bond motifs is 2. The summed E-state index contributed by atoms with van der Waals surface area (Å²) in [6.45, 7) is 2.27. The summed E-state index contributed by atoms with van der Waals surface area (Å²) in [5.74, 6) is 1.05. The molecule has 1 amide bonds. The minimum Gasteiger partial charge on any atom is -0.338 e. The van der Waals surface area contributed by atoms with Gasteiger partial charge in [-0.15, -0.1) is 11.3 Å². The predicted octanol–water partition coefficient (Wildman–Crippen LogP) is 3.91. The predicted molar refractivity (Wildman–Crippen MR) is 103 cm³/mol. The lowest BCUT2D eigenvalue weighted by Crippen LogP contribution is -2.50.